The molecule has 0 saturated heterocycles. The van der Waals surface area contributed by atoms with Crippen molar-refractivity contribution >= 4 is 9.84 Å². The van der Waals surface area contributed by atoms with Crippen LogP contribution >= 0.6 is 0 Å². The van der Waals surface area contributed by atoms with Gasteiger partial charge in [0, 0.05) is 17.9 Å². The first kappa shape index (κ1) is 19.9. The molecule has 11 heteroatoms. The molecule has 0 fully saturated rings. The predicted molar refractivity (Wildman–Crippen MR) is 87.0 cm³/mol. The molecule has 0 bridgehead atoms. The molecule has 0 N–H and O–H groups in total. The molecule has 148 valence electrons. The maximum Gasteiger partial charge on any atom is 0.435 e. The number of hydrogen-bond acceptors (Lipinski definition) is 3. The molecule has 1 heterocycles. The monoisotopic (exact) mass is 420 g/mol. The van der Waals surface area contributed by atoms with Crippen molar-refractivity contribution in [3.63, 3.8) is 0 Å². The number of nitrogens with zero attached hydrogens (tertiary/aromatic N) is 2. The van der Waals surface area contributed by atoms with E-state index in [2.05, 4.69) is 5.10 Å². The lowest BCUT2D eigenvalue weighted by Crippen LogP contribution is -2.10. The van der Waals surface area contributed by atoms with Gasteiger partial charge in [-0.15, -0.1) is 0 Å². The summed E-state index contributed by atoms with van der Waals surface area (Å²) in [5.41, 5.74) is -2.37. The van der Waals surface area contributed by atoms with Crippen LogP contribution in [-0.2, 0) is 16.0 Å². The van der Waals surface area contributed by atoms with Gasteiger partial charge in [-0.2, -0.15) is 18.3 Å². The summed E-state index contributed by atoms with van der Waals surface area (Å²) in [5.74, 6) is -3.31. The van der Waals surface area contributed by atoms with E-state index in [0.717, 1.165) is 24.3 Å². The molecule has 2 aromatic carbocycles. The third kappa shape index (κ3) is 3.75. The molecular weight excluding hydrogens is 410 g/mol. The Labute approximate surface area is 155 Å². The molecule has 0 spiro atoms. The van der Waals surface area contributed by atoms with Gasteiger partial charge in [-0.05, 0) is 36.4 Å². The van der Waals surface area contributed by atoms with Gasteiger partial charge in [0.15, 0.2) is 15.5 Å². The van der Waals surface area contributed by atoms with Crippen molar-refractivity contribution in [2.24, 2.45) is 0 Å². The molecule has 0 amide bonds. The standard InChI is InChI=1S/C17H10F6N2O2S/c1-28(26,27)15-7-11(19)14(6-12(15)20)25-13(8-16(24-25)17(21,22)23)9-2-4-10(18)5-3-9/h2-8H,1H3. The van der Waals surface area contributed by atoms with E-state index >= 15 is 0 Å². The van der Waals surface area contributed by atoms with Crippen LogP contribution in [0.3, 0.4) is 0 Å². The third-order valence-corrected chi connectivity index (χ3v) is 4.88. The van der Waals surface area contributed by atoms with Crippen LogP contribution in [0.1, 0.15) is 5.69 Å². The van der Waals surface area contributed by atoms with Gasteiger partial charge >= 0.3 is 6.18 Å². The van der Waals surface area contributed by atoms with Gasteiger partial charge < -0.3 is 0 Å². The van der Waals surface area contributed by atoms with Crippen LogP contribution in [-0.4, -0.2) is 24.5 Å². The molecule has 0 atom stereocenters. The van der Waals surface area contributed by atoms with Gasteiger partial charge in [-0.25, -0.2) is 26.3 Å². The second kappa shape index (κ2) is 6.66. The van der Waals surface area contributed by atoms with Gasteiger partial charge in [0.05, 0.1) is 5.69 Å². The summed E-state index contributed by atoms with van der Waals surface area (Å²) >= 11 is 0. The fourth-order valence-corrected chi connectivity index (χ4v) is 3.22. The zero-order chi connectivity index (χ0) is 20.9. The van der Waals surface area contributed by atoms with Gasteiger partial charge in [0.2, 0.25) is 0 Å². The summed E-state index contributed by atoms with van der Waals surface area (Å²) in [7, 11) is -4.11. The van der Waals surface area contributed by atoms with Gasteiger partial charge in [-0.1, -0.05) is 0 Å². The van der Waals surface area contributed by atoms with Crippen molar-refractivity contribution in [1.82, 2.24) is 9.78 Å². The number of sulfone groups is 1. The largest absolute Gasteiger partial charge is 0.435 e. The number of alkyl halides is 3. The number of halogens is 6. The fourth-order valence-electron chi connectivity index (χ4n) is 2.49. The summed E-state index contributed by atoms with van der Waals surface area (Å²) in [6.07, 6.45) is -4.23. The zero-order valence-corrected chi connectivity index (χ0v) is 14.7. The maximum atomic E-state index is 14.5. The molecule has 4 nitrogen and oxygen atoms in total. The fraction of sp³-hybridized carbons (Fsp3) is 0.118. The topological polar surface area (TPSA) is 52.0 Å². The molecule has 0 saturated carbocycles. The first-order chi connectivity index (χ1) is 12.9. The highest BCUT2D eigenvalue weighted by Gasteiger charge is 2.36. The second-order valence-electron chi connectivity index (χ2n) is 5.84. The minimum absolute atomic E-state index is 0.0522. The Bertz CT molecular complexity index is 1150. The number of rotatable bonds is 3. The minimum atomic E-state index is -4.89. The van der Waals surface area contributed by atoms with E-state index in [0.29, 0.717) is 29.1 Å². The van der Waals surface area contributed by atoms with Crippen molar-refractivity contribution in [3.8, 4) is 16.9 Å². The summed E-state index contributed by atoms with van der Waals surface area (Å²) in [5, 5.41) is 3.29. The molecule has 3 aromatic rings. The smallest absolute Gasteiger partial charge is 0.229 e. The predicted octanol–water partition coefficient (Wildman–Crippen LogP) is 4.38. The molecule has 1 aromatic heterocycles. The lowest BCUT2D eigenvalue weighted by Gasteiger charge is -2.11. The lowest BCUT2D eigenvalue weighted by molar-refractivity contribution is -0.141. The zero-order valence-electron chi connectivity index (χ0n) is 13.9. The molecular formula is C17H10F6N2O2S. The molecule has 0 aliphatic heterocycles. The van der Waals surface area contributed by atoms with Crippen molar-refractivity contribution in [3.05, 3.63) is 65.6 Å². The van der Waals surface area contributed by atoms with Gasteiger partial charge in [0.1, 0.15) is 28.0 Å². The molecule has 3 rings (SSSR count). The van der Waals surface area contributed by atoms with Crippen LogP contribution < -0.4 is 0 Å². The Kier molecular flexibility index (Phi) is 4.74. The Morgan fingerprint density at radius 3 is 2.07 bits per heavy atom. The first-order valence-electron chi connectivity index (χ1n) is 7.50. The van der Waals surface area contributed by atoms with Crippen LogP contribution in [0.25, 0.3) is 16.9 Å². The average Bonchev–Trinajstić information content (AvgIpc) is 3.01. The van der Waals surface area contributed by atoms with Gasteiger partial charge in [0.25, 0.3) is 0 Å². The Morgan fingerprint density at radius 1 is 0.929 bits per heavy atom. The second-order valence-corrected chi connectivity index (χ2v) is 7.82. The summed E-state index contributed by atoms with van der Waals surface area (Å²) in [6.45, 7) is 0. The van der Waals surface area contributed by atoms with E-state index in [1.165, 1.54) is 0 Å². The molecule has 0 aliphatic rings. The van der Waals surface area contributed by atoms with Gasteiger partial charge in [-0.3, -0.25) is 0 Å². The molecule has 0 unspecified atom stereocenters. The maximum absolute atomic E-state index is 14.5. The summed E-state index contributed by atoms with van der Waals surface area (Å²) in [6, 6.07) is 5.63. The van der Waals surface area contributed by atoms with Crippen LogP contribution in [0, 0.1) is 17.5 Å². The van der Waals surface area contributed by atoms with E-state index in [1.54, 1.807) is 0 Å². The van der Waals surface area contributed by atoms with Crippen LogP contribution in [0.4, 0.5) is 26.3 Å². The van der Waals surface area contributed by atoms with Crippen molar-refractivity contribution in [2.45, 2.75) is 11.1 Å². The average molecular weight is 420 g/mol. The SMILES string of the molecule is CS(=O)(=O)c1cc(F)c(-n2nc(C(F)(F)F)cc2-c2ccc(F)cc2)cc1F. The van der Waals surface area contributed by atoms with Crippen LogP contribution in [0.5, 0.6) is 0 Å². The Morgan fingerprint density at radius 2 is 1.54 bits per heavy atom. The number of hydrogen-bond donors (Lipinski definition) is 0. The van der Waals surface area contributed by atoms with Crippen molar-refractivity contribution in [2.75, 3.05) is 6.26 Å². The van der Waals surface area contributed by atoms with Crippen LogP contribution in [0.15, 0.2) is 47.4 Å². The quantitative estimate of drug-likeness (QED) is 0.591. The van der Waals surface area contributed by atoms with E-state index in [9.17, 15) is 34.8 Å². The summed E-state index contributed by atoms with van der Waals surface area (Å²) < 4.78 is 105. The highest BCUT2D eigenvalue weighted by Crippen LogP contribution is 2.34. The normalized spacial score (nSPS) is 12.4. The molecule has 28 heavy (non-hydrogen) atoms. The third-order valence-electron chi connectivity index (χ3n) is 3.77. The molecule has 0 radical (unpaired) electrons. The van der Waals surface area contributed by atoms with E-state index < -0.39 is 49.7 Å². The Balaban J connectivity index is 2.28. The Hall–Kier alpha value is -2.82. The highest BCUT2D eigenvalue weighted by atomic mass is 32.2. The number of benzene rings is 2. The highest BCUT2D eigenvalue weighted by molar-refractivity contribution is 7.90. The van der Waals surface area contributed by atoms with E-state index in [1.807, 2.05) is 0 Å². The minimum Gasteiger partial charge on any atom is -0.229 e. The van der Waals surface area contributed by atoms with Crippen molar-refractivity contribution in [1.29, 1.82) is 0 Å². The number of aromatic nitrogens is 2. The first-order valence-corrected chi connectivity index (χ1v) is 9.40. The van der Waals surface area contributed by atoms with Crippen molar-refractivity contribution < 1.29 is 34.8 Å². The molecule has 0 aliphatic carbocycles. The van der Waals surface area contributed by atoms with E-state index in [4.69, 9.17) is 0 Å². The van der Waals surface area contributed by atoms with E-state index in [-0.39, 0.29) is 11.3 Å². The lowest BCUT2D eigenvalue weighted by atomic mass is 10.1. The van der Waals surface area contributed by atoms with Crippen LogP contribution in [0.2, 0.25) is 0 Å². The summed E-state index contributed by atoms with van der Waals surface area (Å²) in [4.78, 5) is -0.944.